The molecule has 0 spiro atoms. The Labute approximate surface area is 106 Å². The van der Waals surface area contributed by atoms with E-state index in [2.05, 4.69) is 15.6 Å². The van der Waals surface area contributed by atoms with Gasteiger partial charge in [0.05, 0.1) is 12.3 Å². The molecule has 98 valence electrons. The molecule has 1 aromatic rings. The molecule has 0 unspecified atom stereocenters. The average molecular weight is 250 g/mol. The van der Waals surface area contributed by atoms with Crippen LogP contribution in [0.15, 0.2) is 17.4 Å². The van der Waals surface area contributed by atoms with Crippen LogP contribution in [0.25, 0.3) is 0 Å². The van der Waals surface area contributed by atoms with Gasteiger partial charge in [-0.3, -0.25) is 9.48 Å². The molecule has 6 nitrogen and oxygen atoms in total. The van der Waals surface area contributed by atoms with E-state index < -0.39 is 0 Å². The lowest BCUT2D eigenvalue weighted by atomic mass is 10.2. The van der Waals surface area contributed by atoms with Crippen molar-refractivity contribution >= 4 is 11.6 Å². The zero-order valence-electron chi connectivity index (χ0n) is 10.9. The van der Waals surface area contributed by atoms with E-state index in [1.807, 2.05) is 20.8 Å². The standard InChI is InChI=1S/C12H18N4O2/c1-8(2)16-5-4-11(14-16)12(17)13-7-10-6-9(3)15-18-10/h4-5,8,10H,6-7H2,1-3H3,(H,13,17)/t10-/m1/s1. The van der Waals surface area contributed by atoms with Gasteiger partial charge in [0, 0.05) is 18.7 Å². The van der Waals surface area contributed by atoms with Crippen molar-refractivity contribution in [1.82, 2.24) is 15.1 Å². The highest BCUT2D eigenvalue weighted by molar-refractivity contribution is 5.92. The van der Waals surface area contributed by atoms with Crippen molar-refractivity contribution in [3.63, 3.8) is 0 Å². The minimum Gasteiger partial charge on any atom is -0.390 e. The monoisotopic (exact) mass is 250 g/mol. The van der Waals surface area contributed by atoms with Crippen molar-refractivity contribution in [2.24, 2.45) is 5.16 Å². The highest BCUT2D eigenvalue weighted by atomic mass is 16.6. The molecule has 6 heteroatoms. The summed E-state index contributed by atoms with van der Waals surface area (Å²) < 4.78 is 1.76. The quantitative estimate of drug-likeness (QED) is 0.877. The molecule has 2 rings (SSSR count). The number of hydrogen-bond donors (Lipinski definition) is 1. The summed E-state index contributed by atoms with van der Waals surface area (Å²) in [5.41, 5.74) is 1.39. The summed E-state index contributed by atoms with van der Waals surface area (Å²) in [6.45, 7) is 6.39. The van der Waals surface area contributed by atoms with Gasteiger partial charge in [0.25, 0.3) is 5.91 Å². The molecule has 1 aliphatic heterocycles. The molecule has 1 N–H and O–H groups in total. The largest absolute Gasteiger partial charge is 0.390 e. The molecular weight excluding hydrogens is 232 g/mol. The Morgan fingerprint density at radius 1 is 1.67 bits per heavy atom. The van der Waals surface area contributed by atoms with E-state index in [0.717, 1.165) is 12.1 Å². The minimum absolute atomic E-state index is 0.0545. The van der Waals surface area contributed by atoms with E-state index in [1.54, 1.807) is 16.9 Å². The fourth-order valence-corrected chi connectivity index (χ4v) is 1.72. The highest BCUT2D eigenvalue weighted by Gasteiger charge is 2.19. The van der Waals surface area contributed by atoms with Crippen molar-refractivity contribution in [2.75, 3.05) is 6.54 Å². The summed E-state index contributed by atoms with van der Waals surface area (Å²) in [7, 11) is 0. The zero-order valence-corrected chi connectivity index (χ0v) is 10.9. The van der Waals surface area contributed by atoms with Gasteiger partial charge in [0.1, 0.15) is 11.8 Å². The lowest BCUT2D eigenvalue weighted by molar-refractivity contribution is 0.0750. The molecule has 0 radical (unpaired) electrons. The van der Waals surface area contributed by atoms with E-state index in [0.29, 0.717) is 12.2 Å². The van der Waals surface area contributed by atoms with Gasteiger partial charge in [0.2, 0.25) is 0 Å². The number of rotatable bonds is 4. The van der Waals surface area contributed by atoms with Gasteiger partial charge in [-0.2, -0.15) is 5.10 Å². The van der Waals surface area contributed by atoms with Crippen LogP contribution in [-0.2, 0) is 4.84 Å². The van der Waals surface area contributed by atoms with E-state index in [9.17, 15) is 4.79 Å². The summed E-state index contributed by atoms with van der Waals surface area (Å²) in [4.78, 5) is 17.0. The number of carbonyl (C=O) groups excluding carboxylic acids is 1. The van der Waals surface area contributed by atoms with Gasteiger partial charge in [-0.25, -0.2) is 0 Å². The third-order valence-corrected chi connectivity index (χ3v) is 2.74. The SMILES string of the molecule is CC1=NO[C@@H](CNC(=O)c2ccn(C(C)C)n2)C1. The molecule has 0 aliphatic carbocycles. The second-order valence-corrected chi connectivity index (χ2v) is 4.74. The highest BCUT2D eigenvalue weighted by Crippen LogP contribution is 2.09. The van der Waals surface area contributed by atoms with Crippen LogP contribution in [-0.4, -0.2) is 34.0 Å². The van der Waals surface area contributed by atoms with Crippen LogP contribution in [0.4, 0.5) is 0 Å². The number of amides is 1. The van der Waals surface area contributed by atoms with Gasteiger partial charge in [-0.1, -0.05) is 5.16 Å². The molecule has 1 atom stereocenters. The lowest BCUT2D eigenvalue weighted by Gasteiger charge is -2.08. The van der Waals surface area contributed by atoms with Crippen molar-refractivity contribution < 1.29 is 9.63 Å². The molecule has 1 amide bonds. The van der Waals surface area contributed by atoms with Crippen LogP contribution in [0, 0.1) is 0 Å². The van der Waals surface area contributed by atoms with Crippen LogP contribution in [0.2, 0.25) is 0 Å². The summed E-state index contributed by atoms with van der Waals surface area (Å²) >= 11 is 0. The Kier molecular flexibility index (Phi) is 3.64. The van der Waals surface area contributed by atoms with Gasteiger partial charge < -0.3 is 10.2 Å². The molecule has 0 bridgehead atoms. The van der Waals surface area contributed by atoms with Crippen LogP contribution >= 0.6 is 0 Å². The molecule has 1 aromatic heterocycles. The molecule has 18 heavy (non-hydrogen) atoms. The first-order chi connectivity index (χ1) is 8.56. The van der Waals surface area contributed by atoms with Crippen LogP contribution < -0.4 is 5.32 Å². The van der Waals surface area contributed by atoms with Gasteiger partial charge >= 0.3 is 0 Å². The summed E-state index contributed by atoms with van der Waals surface area (Å²) in [5, 5.41) is 10.8. The van der Waals surface area contributed by atoms with Crippen molar-refractivity contribution in [3.8, 4) is 0 Å². The minimum atomic E-state index is -0.178. The van der Waals surface area contributed by atoms with Crippen molar-refractivity contribution in [1.29, 1.82) is 0 Å². The van der Waals surface area contributed by atoms with E-state index in [1.165, 1.54) is 0 Å². The number of nitrogens with one attached hydrogen (secondary N) is 1. The van der Waals surface area contributed by atoms with E-state index in [4.69, 9.17) is 4.84 Å². The van der Waals surface area contributed by atoms with Gasteiger partial charge in [-0.15, -0.1) is 0 Å². The molecule has 0 fully saturated rings. The number of aromatic nitrogens is 2. The Balaban J connectivity index is 1.84. The average Bonchev–Trinajstić information content (AvgIpc) is 2.94. The van der Waals surface area contributed by atoms with E-state index >= 15 is 0 Å². The smallest absolute Gasteiger partial charge is 0.271 e. The van der Waals surface area contributed by atoms with Crippen LogP contribution in [0.3, 0.4) is 0 Å². The van der Waals surface area contributed by atoms with Crippen LogP contribution in [0.1, 0.15) is 43.7 Å². The predicted molar refractivity (Wildman–Crippen MR) is 67.5 cm³/mol. The second-order valence-electron chi connectivity index (χ2n) is 4.74. The first-order valence-corrected chi connectivity index (χ1v) is 6.09. The van der Waals surface area contributed by atoms with Gasteiger partial charge in [-0.05, 0) is 26.8 Å². The Bertz CT molecular complexity index is 464. The molecule has 0 saturated heterocycles. The van der Waals surface area contributed by atoms with Crippen molar-refractivity contribution in [3.05, 3.63) is 18.0 Å². The fourth-order valence-electron chi connectivity index (χ4n) is 1.72. The van der Waals surface area contributed by atoms with Crippen molar-refractivity contribution in [2.45, 2.75) is 39.3 Å². The van der Waals surface area contributed by atoms with Crippen LogP contribution in [0.5, 0.6) is 0 Å². The fraction of sp³-hybridized carbons (Fsp3) is 0.583. The number of oxime groups is 1. The first-order valence-electron chi connectivity index (χ1n) is 6.09. The maximum absolute atomic E-state index is 11.8. The lowest BCUT2D eigenvalue weighted by Crippen LogP contribution is -2.32. The normalized spacial score (nSPS) is 18.7. The number of nitrogens with zero attached hydrogens (tertiary/aromatic N) is 3. The third-order valence-electron chi connectivity index (χ3n) is 2.74. The molecular formula is C12H18N4O2. The zero-order chi connectivity index (χ0) is 13.1. The molecule has 0 aromatic carbocycles. The second kappa shape index (κ2) is 5.20. The topological polar surface area (TPSA) is 68.5 Å². The number of hydrogen-bond acceptors (Lipinski definition) is 4. The Hall–Kier alpha value is -1.85. The molecule has 1 aliphatic rings. The maximum Gasteiger partial charge on any atom is 0.271 e. The summed E-state index contributed by atoms with van der Waals surface area (Å²) in [6, 6.07) is 1.97. The molecule has 2 heterocycles. The Morgan fingerprint density at radius 2 is 2.44 bits per heavy atom. The number of carbonyl (C=O) groups is 1. The summed E-state index contributed by atoms with van der Waals surface area (Å²) in [5.74, 6) is -0.178. The maximum atomic E-state index is 11.8. The Morgan fingerprint density at radius 3 is 3.00 bits per heavy atom. The molecule has 0 saturated carbocycles. The third kappa shape index (κ3) is 2.88. The van der Waals surface area contributed by atoms with E-state index in [-0.39, 0.29) is 18.1 Å². The predicted octanol–water partition coefficient (Wildman–Crippen LogP) is 1.36. The first kappa shape index (κ1) is 12.6. The van der Waals surface area contributed by atoms with Gasteiger partial charge in [0.15, 0.2) is 0 Å². The summed E-state index contributed by atoms with van der Waals surface area (Å²) in [6.07, 6.45) is 2.51.